The summed E-state index contributed by atoms with van der Waals surface area (Å²) >= 11 is 0. The van der Waals surface area contributed by atoms with Crippen LogP contribution in [0.1, 0.15) is 0 Å². The van der Waals surface area contributed by atoms with E-state index < -0.39 is 0 Å². The number of rotatable bonds is 3. The van der Waals surface area contributed by atoms with E-state index in [-0.39, 0.29) is 17.1 Å². The van der Waals surface area contributed by atoms with Crippen molar-refractivity contribution in [2.24, 2.45) is 0 Å². The van der Waals surface area contributed by atoms with Gasteiger partial charge in [-0.3, -0.25) is 0 Å². The van der Waals surface area contributed by atoms with E-state index in [2.05, 4.69) is 6.07 Å². The van der Waals surface area contributed by atoms with Gasteiger partial charge in [0.1, 0.15) is 0 Å². The summed E-state index contributed by atoms with van der Waals surface area (Å²) < 4.78 is 15.2. The molecule has 3 nitrogen and oxygen atoms in total. The molecular formula is C9H11CuO3. The first-order chi connectivity index (χ1) is 5.83. The van der Waals surface area contributed by atoms with Crippen molar-refractivity contribution in [1.29, 1.82) is 0 Å². The molecule has 0 spiro atoms. The van der Waals surface area contributed by atoms with Gasteiger partial charge in [0.2, 0.25) is 0 Å². The zero-order valence-corrected chi connectivity index (χ0v) is 8.62. The van der Waals surface area contributed by atoms with Crippen molar-refractivity contribution in [2.75, 3.05) is 21.3 Å². The van der Waals surface area contributed by atoms with E-state index in [1.54, 1.807) is 33.5 Å². The fourth-order valence-electron chi connectivity index (χ4n) is 0.950. The van der Waals surface area contributed by atoms with Crippen LogP contribution in [-0.4, -0.2) is 21.3 Å². The monoisotopic (exact) mass is 230 g/mol. The minimum absolute atomic E-state index is 0. The van der Waals surface area contributed by atoms with Crippen molar-refractivity contribution in [2.45, 2.75) is 0 Å². The van der Waals surface area contributed by atoms with Crippen LogP contribution in [0.4, 0.5) is 0 Å². The second-order valence-electron chi connectivity index (χ2n) is 2.13. The van der Waals surface area contributed by atoms with Crippen LogP contribution in [0.25, 0.3) is 0 Å². The zero-order chi connectivity index (χ0) is 8.97. The first-order valence-electron chi connectivity index (χ1n) is 3.49. The van der Waals surface area contributed by atoms with Crippen LogP contribution in [0.3, 0.4) is 0 Å². The third kappa shape index (κ3) is 2.54. The van der Waals surface area contributed by atoms with Gasteiger partial charge in [0.15, 0.2) is 0 Å². The van der Waals surface area contributed by atoms with Crippen LogP contribution < -0.4 is 14.2 Å². The summed E-state index contributed by atoms with van der Waals surface area (Å²) in [5.74, 6) is 1.84. The molecule has 0 unspecified atom stereocenters. The van der Waals surface area contributed by atoms with E-state index in [0.29, 0.717) is 17.2 Å². The average molecular weight is 231 g/mol. The molecule has 1 aromatic rings. The van der Waals surface area contributed by atoms with Crippen molar-refractivity contribution in [3.8, 4) is 17.2 Å². The maximum Gasteiger partial charge on any atom is 1.00 e. The Labute approximate surface area is 88.5 Å². The molecule has 0 fully saturated rings. The molecule has 0 aliphatic rings. The Morgan fingerprint density at radius 2 is 1.38 bits per heavy atom. The van der Waals surface area contributed by atoms with Crippen molar-refractivity contribution in [3.63, 3.8) is 0 Å². The Morgan fingerprint density at radius 3 is 1.69 bits per heavy atom. The molecular weight excluding hydrogens is 220 g/mol. The van der Waals surface area contributed by atoms with Gasteiger partial charge in [-0.2, -0.15) is 6.07 Å². The van der Waals surface area contributed by atoms with E-state index >= 15 is 0 Å². The van der Waals surface area contributed by atoms with Gasteiger partial charge in [-0.05, 0) is 0 Å². The first-order valence-corrected chi connectivity index (χ1v) is 3.49. The molecule has 0 amide bonds. The van der Waals surface area contributed by atoms with Gasteiger partial charge in [0.25, 0.3) is 0 Å². The third-order valence-corrected chi connectivity index (χ3v) is 1.52. The molecule has 4 heteroatoms. The van der Waals surface area contributed by atoms with Crippen molar-refractivity contribution >= 4 is 0 Å². The van der Waals surface area contributed by atoms with Crippen LogP contribution in [0.5, 0.6) is 17.2 Å². The molecule has 0 heterocycles. The minimum Gasteiger partial charge on any atom is -0.550 e. The number of benzene rings is 1. The molecule has 0 saturated carbocycles. The first kappa shape index (κ1) is 12.1. The zero-order valence-electron chi connectivity index (χ0n) is 7.68. The fourth-order valence-corrected chi connectivity index (χ4v) is 0.950. The summed E-state index contributed by atoms with van der Waals surface area (Å²) in [7, 11) is 4.72. The van der Waals surface area contributed by atoms with E-state index in [1.807, 2.05) is 0 Å². The topological polar surface area (TPSA) is 27.7 Å². The second kappa shape index (κ2) is 5.73. The van der Waals surface area contributed by atoms with Crippen molar-refractivity contribution in [3.05, 3.63) is 18.2 Å². The van der Waals surface area contributed by atoms with Crippen LogP contribution in [-0.2, 0) is 17.1 Å². The standard InChI is InChI=1S/C9H11O3.Cu/c1-10-7-5-4-6-8(11-2)9(7)12-3;/h5-6H,1-3H3;/q-1;+1. The molecule has 76 valence electrons. The number of hydrogen-bond donors (Lipinski definition) is 0. The normalized spacial score (nSPS) is 8.54. The van der Waals surface area contributed by atoms with E-state index in [4.69, 9.17) is 14.2 Å². The Hall–Kier alpha value is -0.861. The van der Waals surface area contributed by atoms with Gasteiger partial charge in [0.05, 0.1) is 38.6 Å². The van der Waals surface area contributed by atoms with Crippen LogP contribution >= 0.6 is 0 Å². The maximum absolute atomic E-state index is 5.09. The average Bonchev–Trinajstić information content (AvgIpc) is 2.16. The summed E-state index contributed by atoms with van der Waals surface area (Å²) in [4.78, 5) is 0. The molecule has 0 atom stereocenters. The number of ether oxygens (including phenoxy) is 3. The van der Waals surface area contributed by atoms with E-state index in [1.165, 1.54) is 0 Å². The van der Waals surface area contributed by atoms with Gasteiger partial charge >= 0.3 is 17.1 Å². The predicted octanol–water partition coefficient (Wildman–Crippen LogP) is 1.51. The summed E-state index contributed by atoms with van der Waals surface area (Å²) in [5.41, 5.74) is 0. The van der Waals surface area contributed by atoms with Crippen LogP contribution in [0.15, 0.2) is 12.1 Å². The number of methoxy groups -OCH3 is 3. The van der Waals surface area contributed by atoms with Crippen LogP contribution in [0, 0.1) is 6.07 Å². The molecule has 0 bridgehead atoms. The van der Waals surface area contributed by atoms with E-state index in [0.717, 1.165) is 0 Å². The molecule has 0 aliphatic heterocycles. The quantitative estimate of drug-likeness (QED) is 0.582. The largest absolute Gasteiger partial charge is 1.00 e. The SMILES string of the molecule is COc1c[c-]cc(OC)c1OC.[Cu+]. The summed E-state index contributed by atoms with van der Waals surface area (Å²) in [5, 5.41) is 0. The maximum atomic E-state index is 5.09. The Balaban J connectivity index is 0.00000144. The smallest absolute Gasteiger partial charge is 0.550 e. The van der Waals surface area contributed by atoms with Crippen molar-refractivity contribution in [1.82, 2.24) is 0 Å². The second-order valence-corrected chi connectivity index (χ2v) is 2.13. The summed E-state index contributed by atoms with van der Waals surface area (Å²) in [6, 6.07) is 6.27. The van der Waals surface area contributed by atoms with Gasteiger partial charge in [-0.1, -0.05) is 0 Å². The van der Waals surface area contributed by atoms with Gasteiger partial charge in [-0.15, -0.1) is 12.1 Å². The third-order valence-electron chi connectivity index (χ3n) is 1.52. The molecule has 1 rings (SSSR count). The summed E-state index contributed by atoms with van der Waals surface area (Å²) in [6.07, 6.45) is 0. The van der Waals surface area contributed by atoms with Gasteiger partial charge < -0.3 is 14.2 Å². The molecule has 0 radical (unpaired) electrons. The van der Waals surface area contributed by atoms with E-state index in [9.17, 15) is 0 Å². The Bertz CT molecular complexity index is 241. The molecule has 13 heavy (non-hydrogen) atoms. The van der Waals surface area contributed by atoms with Crippen LogP contribution in [0.2, 0.25) is 0 Å². The molecule has 0 aliphatic carbocycles. The molecule has 0 N–H and O–H groups in total. The fraction of sp³-hybridized carbons (Fsp3) is 0.333. The number of hydrogen-bond acceptors (Lipinski definition) is 3. The Morgan fingerprint density at radius 1 is 0.923 bits per heavy atom. The summed E-state index contributed by atoms with van der Waals surface area (Å²) in [6.45, 7) is 0. The molecule has 0 aromatic heterocycles. The van der Waals surface area contributed by atoms with Gasteiger partial charge in [-0.25, -0.2) is 0 Å². The van der Waals surface area contributed by atoms with Crippen molar-refractivity contribution < 1.29 is 31.3 Å². The van der Waals surface area contributed by atoms with Gasteiger partial charge in [0, 0.05) is 0 Å². The Kier molecular flexibility index (Phi) is 5.35. The predicted molar refractivity (Wildman–Crippen MR) is 44.9 cm³/mol. The molecule has 0 saturated heterocycles. The molecule has 1 aromatic carbocycles. The minimum atomic E-state index is 0.